The molecule has 0 spiro atoms. The van der Waals surface area contributed by atoms with Crippen LogP contribution in [0.25, 0.3) is 0 Å². The molecule has 20 heavy (non-hydrogen) atoms. The Kier molecular flexibility index (Phi) is 4.50. The first-order valence-electron chi connectivity index (χ1n) is 5.96. The second-order valence-corrected chi connectivity index (χ2v) is 5.29. The molecule has 5 heteroatoms. The summed E-state index contributed by atoms with van der Waals surface area (Å²) in [5.74, 6) is 0. The molecule has 2 aromatic carbocycles. The lowest BCUT2D eigenvalue weighted by molar-refractivity contribution is -0.137. The molecule has 0 saturated carbocycles. The highest BCUT2D eigenvalue weighted by Crippen LogP contribution is 2.31. The summed E-state index contributed by atoms with van der Waals surface area (Å²) in [5, 5.41) is 10.1. The standard InChI is InChI=1S/C15H12BrF3O/c16-13-7-2-1-6-12(13)14(20)9-10-4-3-5-11(8-10)15(17,18)19/h1-8,14,20H,9H2. The van der Waals surface area contributed by atoms with Crippen molar-refractivity contribution in [2.45, 2.75) is 18.7 Å². The quantitative estimate of drug-likeness (QED) is 0.852. The monoisotopic (exact) mass is 344 g/mol. The number of aliphatic hydroxyl groups excluding tert-OH is 1. The maximum atomic E-state index is 12.6. The van der Waals surface area contributed by atoms with Crippen LogP contribution >= 0.6 is 15.9 Å². The van der Waals surface area contributed by atoms with Crippen molar-refractivity contribution in [3.8, 4) is 0 Å². The number of hydrogen-bond acceptors (Lipinski definition) is 1. The van der Waals surface area contributed by atoms with Crippen LogP contribution in [0.5, 0.6) is 0 Å². The zero-order valence-corrected chi connectivity index (χ0v) is 11.9. The molecule has 0 aromatic heterocycles. The van der Waals surface area contributed by atoms with Crippen LogP contribution in [0.1, 0.15) is 22.8 Å². The van der Waals surface area contributed by atoms with Gasteiger partial charge in [-0.2, -0.15) is 13.2 Å². The van der Waals surface area contributed by atoms with Crippen molar-refractivity contribution in [3.63, 3.8) is 0 Å². The maximum Gasteiger partial charge on any atom is 0.416 e. The van der Waals surface area contributed by atoms with Crippen molar-refractivity contribution in [1.29, 1.82) is 0 Å². The Balaban J connectivity index is 2.20. The van der Waals surface area contributed by atoms with E-state index in [4.69, 9.17) is 0 Å². The summed E-state index contributed by atoms with van der Waals surface area (Å²) < 4.78 is 38.6. The topological polar surface area (TPSA) is 20.2 Å². The molecule has 0 heterocycles. The second-order valence-electron chi connectivity index (χ2n) is 4.44. The highest BCUT2D eigenvalue weighted by atomic mass is 79.9. The third-order valence-electron chi connectivity index (χ3n) is 2.95. The van der Waals surface area contributed by atoms with Crippen molar-refractivity contribution in [3.05, 3.63) is 69.7 Å². The van der Waals surface area contributed by atoms with Crippen LogP contribution in [0.2, 0.25) is 0 Å². The van der Waals surface area contributed by atoms with E-state index in [1.165, 1.54) is 6.07 Å². The summed E-state index contributed by atoms with van der Waals surface area (Å²) in [7, 11) is 0. The fourth-order valence-corrected chi connectivity index (χ4v) is 2.50. The van der Waals surface area contributed by atoms with Crippen molar-refractivity contribution in [1.82, 2.24) is 0 Å². The first kappa shape index (κ1) is 15.1. The lowest BCUT2D eigenvalue weighted by Crippen LogP contribution is -2.07. The molecule has 106 valence electrons. The molecule has 0 aliphatic heterocycles. The molecule has 1 unspecified atom stereocenters. The molecule has 0 bridgehead atoms. The van der Waals surface area contributed by atoms with Gasteiger partial charge in [0.2, 0.25) is 0 Å². The van der Waals surface area contributed by atoms with Crippen LogP contribution in [0.3, 0.4) is 0 Å². The number of hydrogen-bond donors (Lipinski definition) is 1. The van der Waals surface area contributed by atoms with E-state index in [1.54, 1.807) is 24.3 Å². The number of aliphatic hydroxyl groups is 1. The van der Waals surface area contributed by atoms with Gasteiger partial charge in [-0.3, -0.25) is 0 Å². The van der Waals surface area contributed by atoms with Crippen LogP contribution in [-0.2, 0) is 12.6 Å². The first-order valence-corrected chi connectivity index (χ1v) is 6.76. The molecule has 0 saturated heterocycles. The van der Waals surface area contributed by atoms with Gasteiger partial charge in [0.25, 0.3) is 0 Å². The number of benzene rings is 2. The van der Waals surface area contributed by atoms with E-state index >= 15 is 0 Å². The van der Waals surface area contributed by atoms with Gasteiger partial charge in [0.15, 0.2) is 0 Å². The minimum absolute atomic E-state index is 0.131. The van der Waals surface area contributed by atoms with Gasteiger partial charge in [0, 0.05) is 10.9 Å². The van der Waals surface area contributed by atoms with E-state index in [-0.39, 0.29) is 6.42 Å². The van der Waals surface area contributed by atoms with Gasteiger partial charge in [-0.25, -0.2) is 0 Å². The summed E-state index contributed by atoms with van der Waals surface area (Å²) in [6.45, 7) is 0. The highest BCUT2D eigenvalue weighted by Gasteiger charge is 2.30. The zero-order valence-electron chi connectivity index (χ0n) is 10.4. The summed E-state index contributed by atoms with van der Waals surface area (Å²) >= 11 is 3.32. The average molecular weight is 345 g/mol. The molecule has 1 atom stereocenters. The molecular formula is C15H12BrF3O. The fourth-order valence-electron chi connectivity index (χ4n) is 1.95. The molecule has 2 rings (SSSR count). The van der Waals surface area contributed by atoms with Crippen molar-refractivity contribution >= 4 is 15.9 Å². The molecule has 1 nitrogen and oxygen atoms in total. The van der Waals surface area contributed by atoms with Crippen LogP contribution in [0, 0.1) is 0 Å². The smallest absolute Gasteiger partial charge is 0.388 e. The maximum absolute atomic E-state index is 12.6. The van der Waals surface area contributed by atoms with Gasteiger partial charge in [-0.15, -0.1) is 0 Å². The largest absolute Gasteiger partial charge is 0.416 e. The minimum atomic E-state index is -4.37. The number of alkyl halides is 3. The van der Waals surface area contributed by atoms with Crippen molar-refractivity contribution < 1.29 is 18.3 Å². The Morgan fingerprint density at radius 3 is 2.40 bits per heavy atom. The normalized spacial score (nSPS) is 13.2. The lowest BCUT2D eigenvalue weighted by atomic mass is 10.00. The third-order valence-corrected chi connectivity index (χ3v) is 3.67. The SMILES string of the molecule is OC(Cc1cccc(C(F)(F)F)c1)c1ccccc1Br. The van der Waals surface area contributed by atoms with Gasteiger partial charge in [0.1, 0.15) is 0 Å². The van der Waals surface area contributed by atoms with Crippen molar-refractivity contribution in [2.24, 2.45) is 0 Å². The van der Waals surface area contributed by atoms with Gasteiger partial charge in [-0.1, -0.05) is 52.3 Å². The molecular weight excluding hydrogens is 333 g/mol. The Morgan fingerprint density at radius 2 is 1.75 bits per heavy atom. The molecule has 0 radical (unpaired) electrons. The number of rotatable bonds is 3. The summed E-state index contributed by atoms with van der Waals surface area (Å²) in [6.07, 6.45) is -5.09. The fraction of sp³-hybridized carbons (Fsp3) is 0.200. The number of halogens is 4. The van der Waals surface area contributed by atoms with Gasteiger partial charge < -0.3 is 5.11 Å². The van der Waals surface area contributed by atoms with E-state index in [9.17, 15) is 18.3 Å². The van der Waals surface area contributed by atoms with Gasteiger partial charge >= 0.3 is 6.18 Å². The molecule has 0 amide bonds. The van der Waals surface area contributed by atoms with E-state index < -0.39 is 17.8 Å². The molecule has 2 aromatic rings. The summed E-state index contributed by atoms with van der Waals surface area (Å²) in [4.78, 5) is 0. The van der Waals surface area contributed by atoms with Gasteiger partial charge in [0.05, 0.1) is 11.7 Å². The van der Waals surface area contributed by atoms with Crippen molar-refractivity contribution in [2.75, 3.05) is 0 Å². The molecule has 0 aliphatic rings. The zero-order chi connectivity index (χ0) is 14.8. The van der Waals surface area contributed by atoms with Gasteiger partial charge in [-0.05, 0) is 23.3 Å². The summed E-state index contributed by atoms with van der Waals surface area (Å²) in [6, 6.07) is 12.1. The molecule has 0 fully saturated rings. The van der Waals surface area contributed by atoms with Crippen LogP contribution in [0.15, 0.2) is 53.0 Å². The van der Waals surface area contributed by atoms with E-state index in [0.717, 1.165) is 16.6 Å². The Labute approximate surface area is 123 Å². The predicted molar refractivity (Wildman–Crippen MR) is 74.2 cm³/mol. The molecule has 1 N–H and O–H groups in total. The minimum Gasteiger partial charge on any atom is -0.388 e. The highest BCUT2D eigenvalue weighted by molar-refractivity contribution is 9.10. The first-order chi connectivity index (χ1) is 9.38. The van der Waals surface area contributed by atoms with E-state index in [2.05, 4.69) is 15.9 Å². The Hall–Kier alpha value is -1.33. The predicted octanol–water partition coefficient (Wildman–Crippen LogP) is 4.74. The van der Waals surface area contributed by atoms with Crippen LogP contribution < -0.4 is 0 Å². The molecule has 0 aliphatic carbocycles. The van der Waals surface area contributed by atoms with Crippen LogP contribution in [-0.4, -0.2) is 5.11 Å². The third kappa shape index (κ3) is 3.61. The Bertz CT molecular complexity index is 596. The second kappa shape index (κ2) is 5.97. The Morgan fingerprint density at radius 1 is 1.05 bits per heavy atom. The summed E-state index contributed by atoms with van der Waals surface area (Å²) in [5.41, 5.74) is 0.405. The van der Waals surface area contributed by atoms with Crippen LogP contribution in [0.4, 0.5) is 13.2 Å². The lowest BCUT2D eigenvalue weighted by Gasteiger charge is -2.14. The van der Waals surface area contributed by atoms with E-state index in [0.29, 0.717) is 11.1 Å². The van der Waals surface area contributed by atoms with E-state index in [1.807, 2.05) is 6.07 Å². The average Bonchev–Trinajstić information content (AvgIpc) is 2.38.